The highest BCUT2D eigenvalue weighted by atomic mass is 32.2. The Hall–Kier alpha value is -2.38. The summed E-state index contributed by atoms with van der Waals surface area (Å²) in [6.45, 7) is 4.31. The smallest absolute Gasteiger partial charge is 0.238 e. The van der Waals surface area contributed by atoms with Crippen LogP contribution in [0, 0.1) is 0 Å². The lowest BCUT2D eigenvalue weighted by Crippen LogP contribution is -3.13. The van der Waals surface area contributed by atoms with Crippen LogP contribution in [-0.2, 0) is 16.1 Å². The van der Waals surface area contributed by atoms with Crippen LogP contribution in [0.2, 0.25) is 0 Å². The molecular formula is C20H23N4O2S+. The molecule has 2 amide bonds. The maximum Gasteiger partial charge on any atom is 0.238 e. The Morgan fingerprint density at radius 2 is 1.93 bits per heavy atom. The highest BCUT2D eigenvalue weighted by molar-refractivity contribution is 8.01. The summed E-state index contributed by atoms with van der Waals surface area (Å²) in [5, 5.41) is 2.56. The first-order valence-electron chi connectivity index (χ1n) is 9.26. The molecule has 2 aromatic rings. The van der Waals surface area contributed by atoms with Gasteiger partial charge in [0.05, 0.1) is 37.1 Å². The van der Waals surface area contributed by atoms with Crippen LogP contribution in [0.4, 0.5) is 5.69 Å². The van der Waals surface area contributed by atoms with E-state index >= 15 is 0 Å². The lowest BCUT2D eigenvalue weighted by molar-refractivity contribution is -0.917. The second-order valence-corrected chi connectivity index (χ2v) is 8.20. The molecule has 4 rings (SSSR count). The molecule has 7 heteroatoms. The maximum atomic E-state index is 12.7. The summed E-state index contributed by atoms with van der Waals surface area (Å²) in [6.07, 6.45) is 3.89. The number of rotatable bonds is 4. The Morgan fingerprint density at radius 1 is 1.19 bits per heavy atom. The predicted molar refractivity (Wildman–Crippen MR) is 105 cm³/mol. The van der Waals surface area contributed by atoms with Gasteiger partial charge in [0, 0.05) is 29.3 Å². The van der Waals surface area contributed by atoms with Crippen molar-refractivity contribution < 1.29 is 14.5 Å². The zero-order valence-corrected chi connectivity index (χ0v) is 15.9. The molecule has 3 heterocycles. The summed E-state index contributed by atoms with van der Waals surface area (Å²) in [5.41, 5.74) is 2.11. The number of hydrogen-bond donors (Lipinski definition) is 2. The zero-order chi connectivity index (χ0) is 18.6. The standard InChI is InChI=1S/C20H22N4O2S/c25-19(13-18-20(26)22-16-3-1-2-4-17(16)27-18)24-11-9-23(10-12-24)14-15-5-7-21-8-6-15/h1-8,18H,9-14H2,(H,22,26)/p+1/t18-/m1/s1. The number of anilines is 1. The van der Waals surface area contributed by atoms with Gasteiger partial charge in [-0.15, -0.1) is 11.8 Å². The first-order chi connectivity index (χ1) is 13.2. The molecule has 2 N–H and O–H groups in total. The average Bonchev–Trinajstić information content (AvgIpc) is 2.70. The Kier molecular flexibility index (Phi) is 5.40. The van der Waals surface area contributed by atoms with E-state index in [1.54, 1.807) is 0 Å². The average molecular weight is 383 g/mol. The van der Waals surface area contributed by atoms with E-state index in [1.807, 2.05) is 53.7 Å². The fraction of sp³-hybridized carbons (Fsp3) is 0.350. The number of quaternary nitrogens is 1. The first-order valence-corrected chi connectivity index (χ1v) is 10.1. The van der Waals surface area contributed by atoms with Gasteiger partial charge in [-0.2, -0.15) is 0 Å². The van der Waals surface area contributed by atoms with Crippen LogP contribution in [0.5, 0.6) is 0 Å². The number of fused-ring (bicyclic) bond motifs is 1. The number of thioether (sulfide) groups is 1. The van der Waals surface area contributed by atoms with Crippen molar-refractivity contribution in [2.24, 2.45) is 0 Å². The maximum absolute atomic E-state index is 12.7. The van der Waals surface area contributed by atoms with E-state index in [2.05, 4.69) is 10.3 Å². The number of piperazine rings is 1. The van der Waals surface area contributed by atoms with Crippen molar-refractivity contribution in [1.29, 1.82) is 0 Å². The summed E-state index contributed by atoms with van der Waals surface area (Å²) in [6, 6.07) is 11.8. The number of para-hydroxylation sites is 1. The van der Waals surface area contributed by atoms with Gasteiger partial charge >= 0.3 is 0 Å². The molecule has 1 aromatic carbocycles. The van der Waals surface area contributed by atoms with Gasteiger partial charge in [0.25, 0.3) is 0 Å². The van der Waals surface area contributed by atoms with E-state index in [-0.39, 0.29) is 23.5 Å². The molecule has 0 radical (unpaired) electrons. The molecule has 140 valence electrons. The summed E-state index contributed by atoms with van der Waals surface area (Å²) in [4.78, 5) is 33.5. The number of pyridine rings is 1. The van der Waals surface area contributed by atoms with Gasteiger partial charge in [0.2, 0.25) is 11.8 Å². The monoisotopic (exact) mass is 383 g/mol. The second-order valence-electron chi connectivity index (χ2n) is 6.96. The van der Waals surface area contributed by atoms with E-state index in [4.69, 9.17) is 0 Å². The molecule has 1 saturated heterocycles. The van der Waals surface area contributed by atoms with Gasteiger partial charge in [0.15, 0.2) is 0 Å². The third-order valence-corrected chi connectivity index (χ3v) is 6.37. The minimum Gasteiger partial charge on any atom is -0.331 e. The molecule has 0 spiro atoms. The SMILES string of the molecule is O=C1Nc2ccccc2S[C@@H]1CC(=O)N1CC[NH+](Cc2ccncc2)CC1. The fourth-order valence-electron chi connectivity index (χ4n) is 3.55. The highest BCUT2D eigenvalue weighted by Gasteiger charge is 2.32. The second kappa shape index (κ2) is 8.10. The Morgan fingerprint density at radius 3 is 2.70 bits per heavy atom. The van der Waals surface area contributed by atoms with Gasteiger partial charge in [-0.25, -0.2) is 0 Å². The van der Waals surface area contributed by atoms with Crippen molar-refractivity contribution in [3.63, 3.8) is 0 Å². The molecule has 0 saturated carbocycles. The molecule has 0 unspecified atom stereocenters. The molecule has 6 nitrogen and oxygen atoms in total. The topological polar surface area (TPSA) is 66.7 Å². The van der Waals surface area contributed by atoms with Crippen LogP contribution >= 0.6 is 11.8 Å². The Balaban J connectivity index is 1.29. The minimum absolute atomic E-state index is 0.0741. The van der Waals surface area contributed by atoms with Crippen molar-refractivity contribution in [2.45, 2.75) is 23.1 Å². The van der Waals surface area contributed by atoms with Gasteiger partial charge in [-0.05, 0) is 24.3 Å². The van der Waals surface area contributed by atoms with E-state index < -0.39 is 0 Å². The van der Waals surface area contributed by atoms with Gasteiger partial charge in [-0.1, -0.05) is 12.1 Å². The fourth-order valence-corrected chi connectivity index (χ4v) is 4.65. The van der Waals surface area contributed by atoms with Gasteiger partial charge in [0.1, 0.15) is 6.54 Å². The Labute approximate surface area is 162 Å². The van der Waals surface area contributed by atoms with Crippen LogP contribution in [0.1, 0.15) is 12.0 Å². The molecule has 2 aliphatic heterocycles. The van der Waals surface area contributed by atoms with Crippen molar-refractivity contribution >= 4 is 29.3 Å². The number of nitrogens with zero attached hydrogens (tertiary/aromatic N) is 2. The normalized spacial score (nSPS) is 20.1. The number of hydrogen-bond acceptors (Lipinski definition) is 4. The summed E-state index contributed by atoms with van der Waals surface area (Å²) in [5.74, 6) is -0.000935. The van der Waals surface area contributed by atoms with Crippen molar-refractivity contribution in [1.82, 2.24) is 9.88 Å². The largest absolute Gasteiger partial charge is 0.331 e. The predicted octanol–water partition coefficient (Wildman–Crippen LogP) is 0.812. The van der Waals surface area contributed by atoms with Crippen LogP contribution in [0.3, 0.4) is 0 Å². The molecule has 1 atom stereocenters. The number of carbonyl (C=O) groups is 2. The molecule has 1 fully saturated rings. The van der Waals surface area contributed by atoms with Gasteiger partial charge in [-0.3, -0.25) is 14.6 Å². The van der Waals surface area contributed by atoms with Crippen LogP contribution < -0.4 is 10.2 Å². The van der Waals surface area contributed by atoms with Crippen LogP contribution in [0.15, 0.2) is 53.7 Å². The quantitative estimate of drug-likeness (QED) is 0.820. The third-order valence-electron chi connectivity index (χ3n) is 5.09. The van der Waals surface area contributed by atoms with Crippen LogP contribution in [-0.4, -0.2) is 53.1 Å². The molecule has 0 aliphatic carbocycles. The lowest BCUT2D eigenvalue weighted by Gasteiger charge is -2.33. The molecule has 27 heavy (non-hydrogen) atoms. The number of benzene rings is 1. The first kappa shape index (κ1) is 18.0. The van der Waals surface area contributed by atoms with Crippen molar-refractivity contribution in [3.8, 4) is 0 Å². The Bertz CT molecular complexity index is 822. The molecule has 2 aliphatic rings. The highest BCUT2D eigenvalue weighted by Crippen LogP contribution is 2.36. The molecular weight excluding hydrogens is 360 g/mol. The molecule has 0 bridgehead atoms. The number of nitrogens with one attached hydrogen (secondary N) is 2. The zero-order valence-electron chi connectivity index (χ0n) is 15.1. The van der Waals surface area contributed by atoms with E-state index in [0.717, 1.165) is 43.3 Å². The third kappa shape index (κ3) is 4.31. The lowest BCUT2D eigenvalue weighted by atomic mass is 10.2. The summed E-state index contributed by atoms with van der Waals surface area (Å²) >= 11 is 1.49. The van der Waals surface area contributed by atoms with Crippen LogP contribution in [0.25, 0.3) is 0 Å². The number of carbonyl (C=O) groups excluding carboxylic acids is 2. The number of amides is 2. The number of aromatic nitrogens is 1. The van der Waals surface area contributed by atoms with Gasteiger partial charge < -0.3 is 15.1 Å². The van der Waals surface area contributed by atoms with E-state index in [9.17, 15) is 9.59 Å². The van der Waals surface area contributed by atoms with Crippen molar-refractivity contribution in [3.05, 3.63) is 54.4 Å². The summed E-state index contributed by atoms with van der Waals surface area (Å²) < 4.78 is 0. The van der Waals surface area contributed by atoms with E-state index in [1.165, 1.54) is 22.2 Å². The minimum atomic E-state index is -0.352. The summed E-state index contributed by atoms with van der Waals surface area (Å²) in [7, 11) is 0. The van der Waals surface area contributed by atoms with Crippen molar-refractivity contribution in [2.75, 3.05) is 31.5 Å². The molecule has 1 aromatic heterocycles. The van der Waals surface area contributed by atoms with E-state index in [0.29, 0.717) is 0 Å².